The Hall–Kier alpha value is -4.83. The van der Waals surface area contributed by atoms with Crippen LogP contribution in [0.5, 0.6) is 11.5 Å². The zero-order valence-corrected chi connectivity index (χ0v) is 22.9. The van der Waals surface area contributed by atoms with Crippen molar-refractivity contribution in [2.75, 3.05) is 13.7 Å². The molecular weight excluding hydrogens is 528 g/mol. The number of aromatic nitrogens is 1. The topological polar surface area (TPSA) is 115 Å². The van der Waals surface area contributed by atoms with Crippen molar-refractivity contribution in [1.82, 2.24) is 4.57 Å². The average Bonchev–Trinajstić information content (AvgIpc) is 3.27. The van der Waals surface area contributed by atoms with Crippen LogP contribution in [0.4, 0.5) is 11.4 Å². The van der Waals surface area contributed by atoms with Gasteiger partial charge in [-0.15, -0.1) is 0 Å². The number of ether oxygens (including phenoxy) is 2. The summed E-state index contributed by atoms with van der Waals surface area (Å²) in [6.45, 7) is 3.65. The van der Waals surface area contributed by atoms with Crippen molar-refractivity contribution in [3.05, 3.63) is 115 Å². The van der Waals surface area contributed by atoms with Gasteiger partial charge in [-0.3, -0.25) is 9.36 Å². The SMILES string of the molecule is CCOC(=O)C1=C(C)N=c2s/c(=C\c3ccc(N=Nc4ccccc4)cc3O)c(=O)n2[C@H]1c1ccc(OC)cc1. The molecule has 4 aromatic rings. The number of hydrogen-bond donors (Lipinski definition) is 1. The lowest BCUT2D eigenvalue weighted by molar-refractivity contribution is -0.139. The first kappa shape index (κ1) is 26.8. The maximum Gasteiger partial charge on any atom is 0.338 e. The van der Waals surface area contributed by atoms with Crippen LogP contribution in [-0.2, 0) is 9.53 Å². The molecule has 1 aliphatic rings. The van der Waals surface area contributed by atoms with Crippen LogP contribution in [0, 0.1) is 0 Å². The highest BCUT2D eigenvalue weighted by Gasteiger charge is 2.33. The van der Waals surface area contributed by atoms with Gasteiger partial charge in [0.2, 0.25) is 0 Å². The van der Waals surface area contributed by atoms with Crippen LogP contribution in [-0.4, -0.2) is 29.4 Å². The van der Waals surface area contributed by atoms with Gasteiger partial charge in [-0.05, 0) is 61.9 Å². The highest BCUT2D eigenvalue weighted by molar-refractivity contribution is 7.07. The molecule has 0 amide bonds. The van der Waals surface area contributed by atoms with Crippen LogP contribution in [0.1, 0.15) is 31.0 Å². The molecule has 10 heteroatoms. The quantitative estimate of drug-likeness (QED) is 0.257. The Morgan fingerprint density at radius 1 is 1.07 bits per heavy atom. The summed E-state index contributed by atoms with van der Waals surface area (Å²) >= 11 is 1.18. The number of hydrogen-bond acceptors (Lipinski definition) is 9. The van der Waals surface area contributed by atoms with Gasteiger partial charge in [-0.2, -0.15) is 10.2 Å². The fraction of sp³-hybridized carbons (Fsp3) is 0.167. The monoisotopic (exact) mass is 554 g/mol. The lowest BCUT2D eigenvalue weighted by Crippen LogP contribution is -2.39. The van der Waals surface area contributed by atoms with Crippen molar-refractivity contribution in [3.8, 4) is 11.5 Å². The predicted molar refractivity (Wildman–Crippen MR) is 152 cm³/mol. The van der Waals surface area contributed by atoms with E-state index in [9.17, 15) is 14.7 Å². The Bertz CT molecular complexity index is 1810. The number of nitrogens with zero attached hydrogens (tertiary/aromatic N) is 4. The van der Waals surface area contributed by atoms with Gasteiger partial charge in [0.05, 0.1) is 46.9 Å². The number of carbonyl (C=O) groups excluding carboxylic acids is 1. The maximum atomic E-state index is 13.8. The van der Waals surface area contributed by atoms with Crippen LogP contribution in [0.3, 0.4) is 0 Å². The molecule has 0 aliphatic carbocycles. The Labute approximate surface area is 233 Å². The number of phenols is 1. The van der Waals surface area contributed by atoms with Gasteiger partial charge in [0.25, 0.3) is 5.56 Å². The van der Waals surface area contributed by atoms with Gasteiger partial charge in [0.1, 0.15) is 11.5 Å². The summed E-state index contributed by atoms with van der Waals surface area (Å²) in [5, 5.41) is 19.0. The molecule has 0 bridgehead atoms. The number of esters is 1. The molecule has 9 nitrogen and oxygen atoms in total. The minimum absolute atomic E-state index is 0.0505. The molecule has 1 N–H and O–H groups in total. The number of rotatable bonds is 7. The van der Waals surface area contributed by atoms with Gasteiger partial charge in [0, 0.05) is 11.6 Å². The van der Waals surface area contributed by atoms with Crippen LogP contribution >= 0.6 is 11.3 Å². The molecule has 0 saturated heterocycles. The van der Waals surface area contributed by atoms with Crippen LogP contribution in [0.15, 0.2) is 104 Å². The number of benzene rings is 3. The molecule has 5 rings (SSSR count). The molecule has 202 valence electrons. The first-order valence-electron chi connectivity index (χ1n) is 12.5. The number of thiazole rings is 1. The van der Waals surface area contributed by atoms with Gasteiger partial charge >= 0.3 is 5.97 Å². The number of phenolic OH excluding ortho intramolecular Hbond substituents is 1. The summed E-state index contributed by atoms with van der Waals surface area (Å²) in [6.07, 6.45) is 1.60. The highest BCUT2D eigenvalue weighted by Crippen LogP contribution is 2.32. The Morgan fingerprint density at radius 3 is 2.48 bits per heavy atom. The van der Waals surface area contributed by atoms with E-state index < -0.39 is 12.0 Å². The Morgan fingerprint density at radius 2 is 1.80 bits per heavy atom. The summed E-state index contributed by atoms with van der Waals surface area (Å²) in [4.78, 5) is 31.8. The van der Waals surface area contributed by atoms with E-state index in [2.05, 4.69) is 15.2 Å². The predicted octanol–water partition coefficient (Wildman–Crippen LogP) is 4.93. The molecule has 1 aliphatic heterocycles. The average molecular weight is 555 g/mol. The van der Waals surface area contributed by atoms with E-state index in [1.54, 1.807) is 51.3 Å². The number of fused-ring (bicyclic) bond motifs is 1. The minimum atomic E-state index is -0.738. The van der Waals surface area contributed by atoms with E-state index in [-0.39, 0.29) is 17.9 Å². The molecule has 0 radical (unpaired) electrons. The largest absolute Gasteiger partial charge is 0.507 e. The molecule has 0 spiro atoms. The molecular formula is C30H26N4O5S. The lowest BCUT2D eigenvalue weighted by Gasteiger charge is -2.24. The van der Waals surface area contributed by atoms with E-state index in [0.717, 1.165) is 0 Å². The third-order valence-electron chi connectivity index (χ3n) is 6.29. The second-order valence-electron chi connectivity index (χ2n) is 8.85. The smallest absolute Gasteiger partial charge is 0.338 e. The maximum absolute atomic E-state index is 13.8. The van der Waals surface area contributed by atoms with E-state index in [0.29, 0.717) is 48.9 Å². The number of aromatic hydroxyl groups is 1. The first-order valence-corrected chi connectivity index (χ1v) is 13.3. The van der Waals surface area contributed by atoms with E-state index in [1.807, 2.05) is 42.5 Å². The highest BCUT2D eigenvalue weighted by atomic mass is 32.1. The van der Waals surface area contributed by atoms with Crippen molar-refractivity contribution in [2.24, 2.45) is 15.2 Å². The van der Waals surface area contributed by atoms with Crippen LogP contribution in [0.25, 0.3) is 6.08 Å². The summed E-state index contributed by atoms with van der Waals surface area (Å²) in [5.41, 5.74) is 2.73. The minimum Gasteiger partial charge on any atom is -0.507 e. The van der Waals surface area contributed by atoms with E-state index in [4.69, 9.17) is 9.47 Å². The second-order valence-corrected chi connectivity index (χ2v) is 9.86. The van der Waals surface area contributed by atoms with Crippen molar-refractivity contribution >= 4 is 34.8 Å². The molecule has 3 aromatic carbocycles. The second kappa shape index (κ2) is 11.5. The molecule has 40 heavy (non-hydrogen) atoms. The fourth-order valence-corrected chi connectivity index (χ4v) is 5.40. The molecule has 1 aromatic heterocycles. The summed E-state index contributed by atoms with van der Waals surface area (Å²) in [6, 6.07) is 20.6. The standard InChI is InChI=1S/C30H26N4O5S/c1-4-39-29(37)26-18(2)31-30-34(27(26)19-11-14-23(38-3)15-12-19)28(36)25(40-30)16-20-10-13-22(17-24(20)35)33-32-21-8-6-5-7-9-21/h5-17,27,35H,4H2,1-3H3/b25-16-,33-32?/t27-/m0/s1. The van der Waals surface area contributed by atoms with Gasteiger partial charge in [0.15, 0.2) is 4.80 Å². The molecule has 0 saturated carbocycles. The van der Waals surface area contributed by atoms with Crippen molar-refractivity contribution < 1.29 is 19.4 Å². The Balaban J connectivity index is 1.57. The third-order valence-corrected chi connectivity index (χ3v) is 7.27. The summed E-state index contributed by atoms with van der Waals surface area (Å²) in [5.74, 6) is 0.0685. The summed E-state index contributed by atoms with van der Waals surface area (Å²) < 4.78 is 12.5. The van der Waals surface area contributed by atoms with Crippen molar-refractivity contribution in [3.63, 3.8) is 0 Å². The number of methoxy groups -OCH3 is 1. The molecule has 2 heterocycles. The number of carbonyl (C=O) groups is 1. The number of allylic oxidation sites excluding steroid dienone is 1. The van der Waals surface area contributed by atoms with Gasteiger partial charge in [-0.1, -0.05) is 41.7 Å². The van der Waals surface area contributed by atoms with Crippen LogP contribution in [0.2, 0.25) is 0 Å². The van der Waals surface area contributed by atoms with Crippen molar-refractivity contribution in [1.29, 1.82) is 0 Å². The first-order chi connectivity index (χ1) is 19.4. The molecule has 1 atom stereocenters. The van der Waals surface area contributed by atoms with Gasteiger partial charge in [-0.25, -0.2) is 9.79 Å². The number of azo groups is 1. The lowest BCUT2D eigenvalue weighted by atomic mass is 9.96. The Kier molecular flexibility index (Phi) is 7.70. The van der Waals surface area contributed by atoms with E-state index in [1.165, 1.54) is 22.0 Å². The normalized spacial score (nSPS) is 15.2. The van der Waals surface area contributed by atoms with E-state index >= 15 is 0 Å². The third kappa shape index (κ3) is 5.34. The van der Waals surface area contributed by atoms with Crippen molar-refractivity contribution in [2.45, 2.75) is 19.9 Å². The fourth-order valence-electron chi connectivity index (χ4n) is 4.36. The van der Waals surface area contributed by atoms with Crippen LogP contribution < -0.4 is 19.6 Å². The zero-order valence-electron chi connectivity index (χ0n) is 22.1. The summed E-state index contributed by atoms with van der Waals surface area (Å²) in [7, 11) is 1.57. The molecule has 0 unspecified atom stereocenters. The molecule has 0 fully saturated rings. The van der Waals surface area contributed by atoms with Gasteiger partial charge < -0.3 is 14.6 Å². The zero-order chi connectivity index (χ0) is 28.2.